The fourth-order valence-electron chi connectivity index (χ4n) is 2.59. The van der Waals surface area contributed by atoms with E-state index < -0.39 is 0 Å². The summed E-state index contributed by atoms with van der Waals surface area (Å²) in [6.45, 7) is 0. The summed E-state index contributed by atoms with van der Waals surface area (Å²) in [6, 6.07) is 7.92. The van der Waals surface area contributed by atoms with Crippen molar-refractivity contribution in [1.29, 1.82) is 0 Å². The molecular formula is C15H19IO. The molecule has 0 heterocycles. The molecule has 1 aliphatic carbocycles. The second kappa shape index (κ2) is 6.53. The number of carbonyl (C=O) groups excluding carboxylic acids is 1. The van der Waals surface area contributed by atoms with Gasteiger partial charge < -0.3 is 0 Å². The molecule has 0 radical (unpaired) electrons. The lowest BCUT2D eigenvalue weighted by atomic mass is 9.85. The minimum atomic E-state index is 0.312. The van der Waals surface area contributed by atoms with Gasteiger partial charge in [0.2, 0.25) is 0 Å². The zero-order valence-corrected chi connectivity index (χ0v) is 12.3. The Balaban J connectivity index is 1.82. The molecule has 0 unspecified atom stereocenters. The summed E-state index contributed by atoms with van der Waals surface area (Å²) in [5.41, 5.74) is 0.876. The molecule has 2 rings (SSSR count). The average Bonchev–Trinajstić information content (AvgIpc) is 2.38. The van der Waals surface area contributed by atoms with Gasteiger partial charge in [-0.15, -0.1) is 0 Å². The van der Waals surface area contributed by atoms with Gasteiger partial charge in [-0.3, -0.25) is 4.79 Å². The van der Waals surface area contributed by atoms with Gasteiger partial charge >= 0.3 is 0 Å². The van der Waals surface area contributed by atoms with Crippen LogP contribution in [0, 0.1) is 9.49 Å². The second-order valence-electron chi connectivity index (χ2n) is 4.97. The van der Waals surface area contributed by atoms with Gasteiger partial charge in [-0.2, -0.15) is 0 Å². The van der Waals surface area contributed by atoms with E-state index in [4.69, 9.17) is 0 Å². The molecule has 1 aromatic rings. The summed E-state index contributed by atoms with van der Waals surface area (Å²) >= 11 is 2.27. The fraction of sp³-hybridized carbons (Fsp3) is 0.533. The van der Waals surface area contributed by atoms with Crippen LogP contribution in [0.1, 0.15) is 55.3 Å². The highest BCUT2D eigenvalue weighted by Gasteiger charge is 2.15. The normalized spacial score (nSPS) is 17.0. The van der Waals surface area contributed by atoms with Crippen molar-refractivity contribution in [2.45, 2.75) is 44.9 Å². The summed E-state index contributed by atoms with van der Waals surface area (Å²) in [4.78, 5) is 12.0. The summed E-state index contributed by atoms with van der Waals surface area (Å²) in [7, 11) is 0. The Kier molecular flexibility index (Phi) is 5.01. The number of rotatable bonds is 4. The first kappa shape index (κ1) is 13.1. The quantitative estimate of drug-likeness (QED) is 0.566. The number of hydrogen-bond acceptors (Lipinski definition) is 1. The first-order valence-corrected chi connectivity index (χ1v) is 7.62. The highest BCUT2D eigenvalue weighted by atomic mass is 127. The van der Waals surface area contributed by atoms with Crippen LogP contribution in [-0.4, -0.2) is 5.78 Å². The van der Waals surface area contributed by atoms with Gasteiger partial charge in [-0.25, -0.2) is 0 Å². The molecular weight excluding hydrogens is 323 g/mol. The predicted molar refractivity (Wildman–Crippen MR) is 79.3 cm³/mol. The van der Waals surface area contributed by atoms with Gasteiger partial charge in [-0.05, 0) is 47.1 Å². The number of benzene rings is 1. The van der Waals surface area contributed by atoms with Crippen LogP contribution in [0.25, 0.3) is 0 Å². The maximum atomic E-state index is 12.0. The number of ketones is 1. The topological polar surface area (TPSA) is 17.1 Å². The van der Waals surface area contributed by atoms with Crippen LogP contribution in [0.15, 0.2) is 24.3 Å². The monoisotopic (exact) mass is 342 g/mol. The summed E-state index contributed by atoms with van der Waals surface area (Å²) in [5.74, 6) is 1.11. The van der Waals surface area contributed by atoms with Crippen LogP contribution in [0.2, 0.25) is 0 Å². The van der Waals surface area contributed by atoms with Crippen LogP contribution in [0.3, 0.4) is 0 Å². The Bertz CT molecular complexity index is 363. The van der Waals surface area contributed by atoms with Gasteiger partial charge in [0.05, 0.1) is 0 Å². The Hall–Kier alpha value is -0.380. The van der Waals surface area contributed by atoms with Crippen molar-refractivity contribution >= 4 is 28.4 Å². The Morgan fingerprint density at radius 2 is 1.76 bits per heavy atom. The lowest BCUT2D eigenvalue weighted by molar-refractivity contribution is 0.0970. The van der Waals surface area contributed by atoms with Crippen molar-refractivity contribution in [3.63, 3.8) is 0 Å². The van der Waals surface area contributed by atoms with E-state index >= 15 is 0 Å². The molecule has 1 fully saturated rings. The van der Waals surface area contributed by atoms with Crippen molar-refractivity contribution in [3.05, 3.63) is 33.4 Å². The van der Waals surface area contributed by atoms with Gasteiger partial charge in [-0.1, -0.05) is 44.2 Å². The standard InChI is InChI=1S/C15H19IO/c16-14-9-7-13(8-10-14)15(17)11-6-12-4-2-1-3-5-12/h7-10,12H,1-6,11H2. The zero-order chi connectivity index (χ0) is 12.1. The van der Waals surface area contributed by atoms with Crippen molar-refractivity contribution in [3.8, 4) is 0 Å². The first-order valence-electron chi connectivity index (χ1n) is 6.54. The molecule has 92 valence electrons. The van der Waals surface area contributed by atoms with Gasteiger partial charge in [0, 0.05) is 15.6 Å². The highest BCUT2D eigenvalue weighted by molar-refractivity contribution is 14.1. The smallest absolute Gasteiger partial charge is 0.162 e. The highest BCUT2D eigenvalue weighted by Crippen LogP contribution is 2.27. The Morgan fingerprint density at radius 1 is 1.12 bits per heavy atom. The van der Waals surface area contributed by atoms with Crippen molar-refractivity contribution < 1.29 is 4.79 Å². The SMILES string of the molecule is O=C(CCC1CCCCC1)c1ccc(I)cc1. The minimum Gasteiger partial charge on any atom is -0.294 e. The molecule has 0 bridgehead atoms. The fourth-order valence-corrected chi connectivity index (χ4v) is 2.95. The molecule has 0 spiro atoms. The molecule has 0 saturated heterocycles. The summed E-state index contributed by atoms with van der Waals surface area (Å²) in [6.07, 6.45) is 8.60. The van der Waals surface area contributed by atoms with Crippen LogP contribution >= 0.6 is 22.6 Å². The van der Waals surface area contributed by atoms with Gasteiger partial charge in [0.15, 0.2) is 5.78 Å². The van der Waals surface area contributed by atoms with E-state index in [9.17, 15) is 4.79 Å². The summed E-state index contributed by atoms with van der Waals surface area (Å²) < 4.78 is 1.19. The van der Waals surface area contributed by atoms with E-state index in [0.717, 1.165) is 24.3 Å². The van der Waals surface area contributed by atoms with Crippen molar-refractivity contribution in [2.24, 2.45) is 5.92 Å². The number of hydrogen-bond donors (Lipinski definition) is 0. The third-order valence-corrected chi connectivity index (χ3v) is 4.39. The van der Waals surface area contributed by atoms with E-state index in [-0.39, 0.29) is 0 Å². The Morgan fingerprint density at radius 3 is 2.41 bits per heavy atom. The lowest BCUT2D eigenvalue weighted by Crippen LogP contribution is -2.09. The van der Waals surface area contributed by atoms with Crippen molar-refractivity contribution in [1.82, 2.24) is 0 Å². The summed E-state index contributed by atoms with van der Waals surface area (Å²) in [5, 5.41) is 0. The van der Waals surface area contributed by atoms with Gasteiger partial charge in [0.1, 0.15) is 0 Å². The molecule has 1 aromatic carbocycles. The number of Topliss-reactive ketones (excluding diaryl/α,β-unsaturated/α-hetero) is 1. The molecule has 0 amide bonds. The molecule has 0 aromatic heterocycles. The first-order chi connectivity index (χ1) is 8.25. The largest absolute Gasteiger partial charge is 0.294 e. The Labute approximate surface area is 117 Å². The van der Waals surface area contributed by atoms with Crippen LogP contribution < -0.4 is 0 Å². The van der Waals surface area contributed by atoms with Crippen LogP contribution in [-0.2, 0) is 0 Å². The van der Waals surface area contributed by atoms with E-state index in [1.807, 2.05) is 24.3 Å². The molecule has 17 heavy (non-hydrogen) atoms. The van der Waals surface area contributed by atoms with E-state index in [0.29, 0.717) is 5.78 Å². The van der Waals surface area contributed by atoms with E-state index in [1.54, 1.807) is 0 Å². The van der Waals surface area contributed by atoms with E-state index in [1.165, 1.54) is 35.7 Å². The van der Waals surface area contributed by atoms with Crippen LogP contribution in [0.4, 0.5) is 0 Å². The van der Waals surface area contributed by atoms with Crippen LogP contribution in [0.5, 0.6) is 0 Å². The number of halogens is 1. The third kappa shape index (κ3) is 4.09. The van der Waals surface area contributed by atoms with Gasteiger partial charge in [0.25, 0.3) is 0 Å². The predicted octanol–water partition coefficient (Wildman–Crippen LogP) is 4.83. The number of carbonyl (C=O) groups is 1. The molecule has 1 saturated carbocycles. The molecule has 0 N–H and O–H groups in total. The van der Waals surface area contributed by atoms with E-state index in [2.05, 4.69) is 22.6 Å². The third-order valence-electron chi connectivity index (χ3n) is 3.67. The average molecular weight is 342 g/mol. The molecule has 1 nitrogen and oxygen atoms in total. The van der Waals surface area contributed by atoms with Crippen molar-refractivity contribution in [2.75, 3.05) is 0 Å². The second-order valence-corrected chi connectivity index (χ2v) is 6.22. The maximum absolute atomic E-state index is 12.0. The minimum absolute atomic E-state index is 0.312. The maximum Gasteiger partial charge on any atom is 0.162 e. The lowest BCUT2D eigenvalue weighted by Gasteiger charge is -2.20. The molecule has 1 aliphatic rings. The molecule has 0 aliphatic heterocycles. The molecule has 0 atom stereocenters. The molecule has 2 heteroatoms. The zero-order valence-electron chi connectivity index (χ0n) is 10.1.